The van der Waals surface area contributed by atoms with Crippen molar-refractivity contribution in [2.45, 2.75) is 25.7 Å². The molecule has 0 aliphatic carbocycles. The quantitative estimate of drug-likeness (QED) is 0.696. The number of benzene rings is 1. The first-order valence-electron chi connectivity index (χ1n) is 5.89. The summed E-state index contributed by atoms with van der Waals surface area (Å²) in [6.45, 7) is 0.261. The summed E-state index contributed by atoms with van der Waals surface area (Å²) in [4.78, 5) is 0. The zero-order valence-corrected chi connectivity index (χ0v) is 10.9. The second-order valence-electron chi connectivity index (χ2n) is 3.76. The summed E-state index contributed by atoms with van der Waals surface area (Å²) in [5.41, 5.74) is 0. The number of hydrogen-bond donors (Lipinski definition) is 1. The second kappa shape index (κ2) is 8.07. The van der Waals surface area contributed by atoms with E-state index in [0.717, 1.165) is 19.3 Å². The lowest BCUT2D eigenvalue weighted by molar-refractivity contribution is 0.257. The van der Waals surface area contributed by atoms with E-state index in [1.165, 1.54) is 0 Å². The molecule has 18 heavy (non-hydrogen) atoms. The fourth-order valence-corrected chi connectivity index (χ4v) is 2.06. The maximum absolute atomic E-state index is 11.4. The molecule has 0 heterocycles. The van der Waals surface area contributed by atoms with E-state index in [1.54, 1.807) is 30.3 Å². The number of aliphatic hydroxyl groups is 1. The zero-order chi connectivity index (χ0) is 13.3. The molecule has 0 radical (unpaired) electrons. The van der Waals surface area contributed by atoms with Gasteiger partial charge in [0.15, 0.2) is 0 Å². The smallest absolute Gasteiger partial charge is 0.396 e. The highest BCUT2D eigenvalue weighted by Gasteiger charge is 2.12. The Kier molecular flexibility index (Phi) is 6.70. The highest BCUT2D eigenvalue weighted by Crippen LogP contribution is 2.12. The van der Waals surface area contributed by atoms with E-state index in [-0.39, 0.29) is 19.0 Å². The van der Waals surface area contributed by atoms with Gasteiger partial charge in [-0.05, 0) is 25.0 Å². The monoisotopic (exact) mass is 274 g/mol. The summed E-state index contributed by atoms with van der Waals surface area (Å²) in [7, 11) is -3.98. The van der Waals surface area contributed by atoms with Crippen molar-refractivity contribution in [3.8, 4) is 5.75 Å². The number of rotatable bonds is 9. The molecule has 0 atom stereocenters. The van der Waals surface area contributed by atoms with E-state index in [0.29, 0.717) is 6.42 Å². The lowest BCUT2D eigenvalue weighted by Crippen LogP contribution is -2.14. The molecule has 1 aromatic rings. The van der Waals surface area contributed by atoms with Gasteiger partial charge in [-0.1, -0.05) is 31.0 Å². The molecule has 5 nitrogen and oxygen atoms in total. The Morgan fingerprint density at radius 2 is 1.67 bits per heavy atom. The molecule has 0 saturated carbocycles. The molecule has 0 amide bonds. The van der Waals surface area contributed by atoms with Crippen LogP contribution in [0.2, 0.25) is 0 Å². The van der Waals surface area contributed by atoms with Crippen LogP contribution in [0.4, 0.5) is 0 Å². The first-order chi connectivity index (χ1) is 8.64. The van der Waals surface area contributed by atoms with Crippen LogP contribution in [0.5, 0.6) is 5.75 Å². The number of aliphatic hydroxyl groups excluding tert-OH is 1. The van der Waals surface area contributed by atoms with Crippen molar-refractivity contribution in [3.05, 3.63) is 30.3 Å². The predicted molar refractivity (Wildman–Crippen MR) is 67.5 cm³/mol. The van der Waals surface area contributed by atoms with Gasteiger partial charge in [0.1, 0.15) is 5.75 Å². The van der Waals surface area contributed by atoms with E-state index in [1.807, 2.05) is 0 Å². The first kappa shape index (κ1) is 14.9. The second-order valence-corrected chi connectivity index (χ2v) is 4.98. The Hall–Kier alpha value is -1.11. The minimum Gasteiger partial charge on any atom is -0.396 e. The third kappa shape index (κ3) is 6.58. The molecule has 0 bridgehead atoms. The number of para-hydroxylation sites is 1. The molecule has 0 unspecified atom stereocenters. The average molecular weight is 274 g/mol. The Morgan fingerprint density at radius 3 is 2.33 bits per heavy atom. The average Bonchev–Trinajstić information content (AvgIpc) is 2.34. The standard InChI is InChI=1S/C12H18O5S/c13-10-6-1-2-7-11-16-18(14,15)17-12-8-4-3-5-9-12/h3-5,8-9,13H,1-2,6-7,10-11H2. The number of hydrogen-bond acceptors (Lipinski definition) is 5. The van der Waals surface area contributed by atoms with Crippen LogP contribution in [-0.4, -0.2) is 26.7 Å². The maximum atomic E-state index is 11.4. The van der Waals surface area contributed by atoms with Crippen molar-refractivity contribution in [1.82, 2.24) is 0 Å². The lowest BCUT2D eigenvalue weighted by Gasteiger charge is -2.06. The summed E-state index contributed by atoms with van der Waals surface area (Å²) >= 11 is 0. The van der Waals surface area contributed by atoms with E-state index in [9.17, 15) is 8.42 Å². The molecule has 1 aromatic carbocycles. The molecule has 6 heteroatoms. The van der Waals surface area contributed by atoms with Gasteiger partial charge in [-0.25, -0.2) is 4.18 Å². The summed E-state index contributed by atoms with van der Waals surface area (Å²) in [6.07, 6.45) is 3.03. The third-order valence-electron chi connectivity index (χ3n) is 2.22. The lowest BCUT2D eigenvalue weighted by atomic mass is 10.2. The molecule has 0 saturated heterocycles. The SMILES string of the molecule is O=S(=O)(OCCCCCCO)Oc1ccccc1. The highest BCUT2D eigenvalue weighted by molar-refractivity contribution is 7.82. The number of unbranched alkanes of at least 4 members (excludes halogenated alkanes) is 3. The van der Waals surface area contributed by atoms with Crippen LogP contribution in [0, 0.1) is 0 Å². The molecule has 0 spiro atoms. The summed E-state index contributed by atoms with van der Waals surface area (Å²) in [6, 6.07) is 8.21. The van der Waals surface area contributed by atoms with Crippen molar-refractivity contribution in [2.24, 2.45) is 0 Å². The van der Waals surface area contributed by atoms with E-state index < -0.39 is 10.4 Å². The summed E-state index contributed by atoms with van der Waals surface area (Å²) < 4.78 is 32.2. The van der Waals surface area contributed by atoms with Gasteiger partial charge in [0.05, 0.1) is 6.61 Å². The summed E-state index contributed by atoms with van der Waals surface area (Å²) in [5, 5.41) is 8.57. The van der Waals surface area contributed by atoms with Gasteiger partial charge in [0.25, 0.3) is 0 Å². The molecular formula is C12H18O5S. The van der Waals surface area contributed by atoms with Crippen LogP contribution in [-0.2, 0) is 14.6 Å². The van der Waals surface area contributed by atoms with Crippen molar-refractivity contribution in [1.29, 1.82) is 0 Å². The van der Waals surface area contributed by atoms with Gasteiger partial charge in [-0.3, -0.25) is 0 Å². The molecule has 1 N–H and O–H groups in total. The highest BCUT2D eigenvalue weighted by atomic mass is 32.3. The van der Waals surface area contributed by atoms with Gasteiger partial charge < -0.3 is 9.29 Å². The molecular weight excluding hydrogens is 256 g/mol. The fraction of sp³-hybridized carbons (Fsp3) is 0.500. The molecule has 102 valence electrons. The van der Waals surface area contributed by atoms with Gasteiger partial charge in [-0.2, -0.15) is 8.42 Å². The normalized spacial score (nSPS) is 11.4. The van der Waals surface area contributed by atoms with E-state index in [2.05, 4.69) is 0 Å². The summed E-state index contributed by atoms with van der Waals surface area (Å²) in [5.74, 6) is 0.234. The van der Waals surface area contributed by atoms with Crippen LogP contribution in [0.15, 0.2) is 30.3 Å². The van der Waals surface area contributed by atoms with Crippen molar-refractivity contribution in [2.75, 3.05) is 13.2 Å². The Balaban J connectivity index is 2.24. The van der Waals surface area contributed by atoms with Crippen molar-refractivity contribution in [3.63, 3.8) is 0 Å². The van der Waals surface area contributed by atoms with E-state index >= 15 is 0 Å². The first-order valence-corrected chi connectivity index (χ1v) is 7.22. The van der Waals surface area contributed by atoms with Crippen LogP contribution in [0.1, 0.15) is 25.7 Å². The van der Waals surface area contributed by atoms with Crippen LogP contribution in [0.25, 0.3) is 0 Å². The van der Waals surface area contributed by atoms with Crippen LogP contribution < -0.4 is 4.18 Å². The van der Waals surface area contributed by atoms with Crippen LogP contribution >= 0.6 is 0 Å². The Bertz CT molecular complexity index is 415. The van der Waals surface area contributed by atoms with Gasteiger partial charge >= 0.3 is 10.4 Å². The zero-order valence-electron chi connectivity index (χ0n) is 10.1. The minimum atomic E-state index is -3.98. The largest absolute Gasteiger partial charge is 0.449 e. The van der Waals surface area contributed by atoms with E-state index in [4.69, 9.17) is 13.5 Å². The Labute approximate surface area is 108 Å². The van der Waals surface area contributed by atoms with Gasteiger partial charge in [0, 0.05) is 6.61 Å². The van der Waals surface area contributed by atoms with Crippen molar-refractivity contribution < 1.29 is 21.9 Å². The molecule has 0 aliphatic heterocycles. The minimum absolute atomic E-state index is 0.0978. The van der Waals surface area contributed by atoms with Gasteiger partial charge in [0.2, 0.25) is 0 Å². The molecule has 1 rings (SSSR count). The van der Waals surface area contributed by atoms with Gasteiger partial charge in [-0.15, -0.1) is 0 Å². The Morgan fingerprint density at radius 1 is 1.00 bits per heavy atom. The topological polar surface area (TPSA) is 72.8 Å². The molecule has 0 fully saturated rings. The fourth-order valence-electron chi connectivity index (χ4n) is 1.35. The maximum Gasteiger partial charge on any atom is 0.449 e. The molecule has 0 aromatic heterocycles. The van der Waals surface area contributed by atoms with Crippen molar-refractivity contribution >= 4 is 10.4 Å². The molecule has 0 aliphatic rings. The van der Waals surface area contributed by atoms with Crippen LogP contribution in [0.3, 0.4) is 0 Å². The third-order valence-corrected chi connectivity index (χ3v) is 3.07. The predicted octanol–water partition coefficient (Wildman–Crippen LogP) is 1.88.